The monoisotopic (exact) mass is 515 g/mol. The normalized spacial score (nSPS) is 20.4. The Morgan fingerprint density at radius 3 is 2.41 bits per heavy atom. The number of nitrogens with one attached hydrogen (secondary N) is 2. The van der Waals surface area contributed by atoms with Crippen LogP contribution >= 0.6 is 24.0 Å². The summed E-state index contributed by atoms with van der Waals surface area (Å²) in [5, 5.41) is 6.97. The summed E-state index contributed by atoms with van der Waals surface area (Å²) in [6.45, 7) is 4.03. The van der Waals surface area contributed by atoms with Crippen molar-refractivity contribution in [3.63, 3.8) is 0 Å². The molecule has 164 valence electrons. The molecule has 0 spiro atoms. The van der Waals surface area contributed by atoms with E-state index in [1.165, 1.54) is 44.1 Å². The van der Waals surface area contributed by atoms with Crippen molar-refractivity contribution in [2.45, 2.75) is 62.9 Å². The molecule has 0 radical (unpaired) electrons. The molecule has 1 aliphatic heterocycles. The largest absolute Gasteiger partial charge is 0.381 e. The Morgan fingerprint density at radius 1 is 1.07 bits per heavy atom. The van der Waals surface area contributed by atoms with E-state index in [2.05, 4.69) is 46.0 Å². The molecule has 1 aliphatic carbocycles. The van der Waals surface area contributed by atoms with E-state index in [0.29, 0.717) is 6.10 Å². The number of aliphatic imine (C=N–C) groups is 1. The summed E-state index contributed by atoms with van der Waals surface area (Å²) < 4.78 is 11.7. The number of benzene rings is 1. The van der Waals surface area contributed by atoms with Crippen LogP contribution < -0.4 is 10.6 Å². The first-order valence-corrected chi connectivity index (χ1v) is 11.0. The Labute approximate surface area is 193 Å². The topological polar surface area (TPSA) is 54.9 Å². The van der Waals surface area contributed by atoms with Gasteiger partial charge in [0.2, 0.25) is 0 Å². The minimum absolute atomic E-state index is 0. The molecule has 1 saturated carbocycles. The van der Waals surface area contributed by atoms with Crippen molar-refractivity contribution in [2.75, 3.05) is 40.0 Å². The molecule has 0 unspecified atom stereocenters. The molecule has 6 heteroatoms. The Hall–Kier alpha value is -0.860. The molecule has 0 amide bonds. The van der Waals surface area contributed by atoms with Gasteiger partial charge in [0, 0.05) is 38.8 Å². The van der Waals surface area contributed by atoms with E-state index in [1.807, 2.05) is 7.05 Å². The fourth-order valence-electron chi connectivity index (χ4n) is 4.40. The molecule has 0 bridgehead atoms. The maximum Gasteiger partial charge on any atom is 0.191 e. The molecule has 3 rings (SSSR count). The van der Waals surface area contributed by atoms with E-state index in [-0.39, 0.29) is 29.4 Å². The van der Waals surface area contributed by atoms with Crippen molar-refractivity contribution >= 4 is 29.9 Å². The zero-order valence-corrected chi connectivity index (χ0v) is 20.2. The molecule has 2 N–H and O–H groups in total. The van der Waals surface area contributed by atoms with Crippen LogP contribution in [0.5, 0.6) is 0 Å². The molecule has 1 aromatic rings. The van der Waals surface area contributed by atoms with Crippen LogP contribution in [0.25, 0.3) is 0 Å². The first-order valence-electron chi connectivity index (χ1n) is 11.0. The van der Waals surface area contributed by atoms with Crippen LogP contribution in [0.4, 0.5) is 0 Å². The predicted molar refractivity (Wildman–Crippen MR) is 130 cm³/mol. The van der Waals surface area contributed by atoms with Gasteiger partial charge in [-0.15, -0.1) is 24.0 Å². The first kappa shape index (κ1) is 24.4. The van der Waals surface area contributed by atoms with Crippen LogP contribution in [-0.4, -0.2) is 52.0 Å². The van der Waals surface area contributed by atoms with Crippen LogP contribution in [0, 0.1) is 0 Å². The molecule has 1 heterocycles. The summed E-state index contributed by atoms with van der Waals surface area (Å²) in [4.78, 5) is 4.40. The minimum atomic E-state index is 0. The van der Waals surface area contributed by atoms with Gasteiger partial charge in [-0.05, 0) is 31.2 Å². The minimum Gasteiger partial charge on any atom is -0.381 e. The number of rotatable bonds is 7. The van der Waals surface area contributed by atoms with Crippen molar-refractivity contribution < 1.29 is 9.47 Å². The molecule has 5 nitrogen and oxygen atoms in total. The quantitative estimate of drug-likeness (QED) is 0.187. The molecule has 0 atom stereocenters. The molecule has 29 heavy (non-hydrogen) atoms. The summed E-state index contributed by atoms with van der Waals surface area (Å²) in [6, 6.07) is 10.8. The lowest BCUT2D eigenvalue weighted by molar-refractivity contribution is 0.0465. The fourth-order valence-corrected chi connectivity index (χ4v) is 4.40. The van der Waals surface area contributed by atoms with Gasteiger partial charge < -0.3 is 20.1 Å². The lowest BCUT2D eigenvalue weighted by Crippen LogP contribution is -2.48. The van der Waals surface area contributed by atoms with Gasteiger partial charge in [-0.3, -0.25) is 4.99 Å². The van der Waals surface area contributed by atoms with Crippen molar-refractivity contribution in [1.29, 1.82) is 0 Å². The number of halogens is 1. The van der Waals surface area contributed by atoms with Gasteiger partial charge in [-0.2, -0.15) is 0 Å². The third-order valence-electron chi connectivity index (χ3n) is 6.20. The van der Waals surface area contributed by atoms with Crippen LogP contribution in [0.2, 0.25) is 0 Å². The van der Waals surface area contributed by atoms with Crippen LogP contribution in [0.15, 0.2) is 35.3 Å². The second-order valence-corrected chi connectivity index (χ2v) is 8.10. The average Bonchev–Trinajstić information content (AvgIpc) is 3.03. The zero-order valence-electron chi connectivity index (χ0n) is 17.8. The first-order chi connectivity index (χ1) is 13.8. The van der Waals surface area contributed by atoms with Crippen molar-refractivity contribution in [1.82, 2.24) is 10.6 Å². The Bertz CT molecular complexity index is 583. The molecule has 2 fully saturated rings. The maximum absolute atomic E-state index is 6.08. The van der Waals surface area contributed by atoms with Crippen molar-refractivity contribution in [3.05, 3.63) is 35.9 Å². The van der Waals surface area contributed by atoms with E-state index in [1.54, 1.807) is 0 Å². The highest BCUT2D eigenvalue weighted by atomic mass is 127. The van der Waals surface area contributed by atoms with Crippen LogP contribution in [0.1, 0.15) is 56.9 Å². The van der Waals surface area contributed by atoms with Gasteiger partial charge in [0.1, 0.15) is 0 Å². The van der Waals surface area contributed by atoms with E-state index in [9.17, 15) is 0 Å². The molecule has 1 aromatic carbocycles. The number of nitrogens with zero attached hydrogens (tertiary/aromatic N) is 1. The number of hydrogen-bond acceptors (Lipinski definition) is 3. The van der Waals surface area contributed by atoms with E-state index in [4.69, 9.17) is 9.47 Å². The van der Waals surface area contributed by atoms with E-state index >= 15 is 0 Å². The molecular formula is C23H38IN3O2. The van der Waals surface area contributed by atoms with Crippen molar-refractivity contribution in [3.8, 4) is 0 Å². The third-order valence-corrected chi connectivity index (χ3v) is 6.20. The Morgan fingerprint density at radius 2 is 1.76 bits per heavy atom. The highest BCUT2D eigenvalue weighted by Crippen LogP contribution is 2.34. The van der Waals surface area contributed by atoms with Gasteiger partial charge >= 0.3 is 0 Å². The highest BCUT2D eigenvalue weighted by molar-refractivity contribution is 14.0. The Balaban J connectivity index is 0.00000300. The van der Waals surface area contributed by atoms with Gasteiger partial charge in [0.15, 0.2) is 5.96 Å². The summed E-state index contributed by atoms with van der Waals surface area (Å²) in [6.07, 6.45) is 10.3. The van der Waals surface area contributed by atoms with Gasteiger partial charge in [0.05, 0.1) is 12.7 Å². The second kappa shape index (κ2) is 13.4. The second-order valence-electron chi connectivity index (χ2n) is 8.10. The van der Waals surface area contributed by atoms with Gasteiger partial charge in [-0.1, -0.05) is 56.0 Å². The van der Waals surface area contributed by atoms with Crippen LogP contribution in [0.3, 0.4) is 0 Å². The van der Waals surface area contributed by atoms with Crippen molar-refractivity contribution in [2.24, 2.45) is 4.99 Å². The van der Waals surface area contributed by atoms with Gasteiger partial charge in [0.25, 0.3) is 0 Å². The number of ether oxygens (including phenoxy) is 2. The standard InChI is InChI=1S/C23H37N3O2.HI/c1-24-22(25-15-18-28-21-11-7-2-3-8-12-21)26-19-23(13-16-27-17-14-23)20-9-5-4-6-10-20;/h4-6,9-10,21H,2-3,7-8,11-19H2,1H3,(H2,24,25,26);1H. The van der Waals surface area contributed by atoms with E-state index < -0.39 is 0 Å². The molecular weight excluding hydrogens is 477 g/mol. The summed E-state index contributed by atoms with van der Waals surface area (Å²) >= 11 is 0. The predicted octanol–water partition coefficient (Wildman–Crippen LogP) is 4.26. The third kappa shape index (κ3) is 7.72. The maximum atomic E-state index is 6.08. The summed E-state index contributed by atoms with van der Waals surface area (Å²) in [5.41, 5.74) is 1.49. The molecule has 2 aliphatic rings. The smallest absolute Gasteiger partial charge is 0.191 e. The molecule has 0 aromatic heterocycles. The number of hydrogen-bond donors (Lipinski definition) is 2. The number of guanidine groups is 1. The van der Waals surface area contributed by atoms with E-state index in [0.717, 1.165) is 51.7 Å². The SMILES string of the molecule is CN=C(NCCOC1CCCCCC1)NCC1(c2ccccc2)CCOCC1.I. The fraction of sp³-hybridized carbons (Fsp3) is 0.696. The summed E-state index contributed by atoms with van der Waals surface area (Å²) in [7, 11) is 1.83. The highest BCUT2D eigenvalue weighted by Gasteiger charge is 2.34. The lowest BCUT2D eigenvalue weighted by Gasteiger charge is -2.38. The summed E-state index contributed by atoms with van der Waals surface area (Å²) in [5.74, 6) is 0.853. The average molecular weight is 515 g/mol. The zero-order chi connectivity index (χ0) is 19.5. The Kier molecular flexibility index (Phi) is 11.3. The molecule has 1 saturated heterocycles. The van der Waals surface area contributed by atoms with Crippen LogP contribution in [-0.2, 0) is 14.9 Å². The van der Waals surface area contributed by atoms with Gasteiger partial charge in [-0.25, -0.2) is 0 Å². The lowest BCUT2D eigenvalue weighted by atomic mass is 9.74.